The predicted molar refractivity (Wildman–Crippen MR) is 81.2 cm³/mol. The Kier molecular flexibility index (Phi) is 4.89. The fraction of sp³-hybridized carbons (Fsp3) is 0.533. The van der Waals surface area contributed by atoms with E-state index in [0.29, 0.717) is 0 Å². The van der Waals surface area contributed by atoms with Gasteiger partial charge in [0.05, 0.1) is 28.7 Å². The monoisotopic (exact) mass is 295 g/mol. The van der Waals surface area contributed by atoms with E-state index in [9.17, 15) is 0 Å². The van der Waals surface area contributed by atoms with Crippen molar-refractivity contribution in [2.75, 3.05) is 6.54 Å². The summed E-state index contributed by atoms with van der Waals surface area (Å²) in [7, 11) is 0. The van der Waals surface area contributed by atoms with Gasteiger partial charge in [-0.3, -0.25) is 4.68 Å². The highest BCUT2D eigenvalue weighted by molar-refractivity contribution is 6.31. The zero-order valence-corrected chi connectivity index (χ0v) is 13.3. The van der Waals surface area contributed by atoms with Crippen LogP contribution in [0.2, 0.25) is 5.02 Å². The second kappa shape index (κ2) is 6.46. The van der Waals surface area contributed by atoms with Gasteiger partial charge in [0.25, 0.3) is 0 Å². The van der Waals surface area contributed by atoms with E-state index in [-0.39, 0.29) is 6.04 Å². The molecule has 110 valence electrons. The molecule has 2 rings (SSSR count). The number of rotatable bonds is 6. The summed E-state index contributed by atoms with van der Waals surface area (Å²) in [5.74, 6) is 0.976. The van der Waals surface area contributed by atoms with E-state index in [0.717, 1.165) is 47.2 Å². The number of aromatic nitrogens is 2. The van der Waals surface area contributed by atoms with Crippen molar-refractivity contribution in [1.29, 1.82) is 0 Å². The Morgan fingerprint density at radius 2 is 2.15 bits per heavy atom. The molecule has 2 heterocycles. The number of nitrogens with one attached hydrogen (secondary N) is 1. The molecule has 2 aromatic heterocycles. The Morgan fingerprint density at radius 1 is 1.40 bits per heavy atom. The fourth-order valence-corrected chi connectivity index (χ4v) is 2.72. The summed E-state index contributed by atoms with van der Waals surface area (Å²) in [5.41, 5.74) is 3.11. The van der Waals surface area contributed by atoms with Gasteiger partial charge in [-0.25, -0.2) is 0 Å². The molecule has 0 fully saturated rings. The number of nitrogens with zero attached hydrogens (tertiary/aromatic N) is 2. The Hall–Kier alpha value is -1.26. The largest absolute Gasteiger partial charge is 0.467 e. The highest BCUT2D eigenvalue weighted by Crippen LogP contribution is 2.28. The Morgan fingerprint density at radius 3 is 2.70 bits per heavy atom. The van der Waals surface area contributed by atoms with Crippen molar-refractivity contribution >= 4 is 11.6 Å². The average Bonchev–Trinajstić information content (AvgIpc) is 2.96. The van der Waals surface area contributed by atoms with E-state index in [1.165, 1.54) is 0 Å². The van der Waals surface area contributed by atoms with Gasteiger partial charge in [-0.2, -0.15) is 5.10 Å². The lowest BCUT2D eigenvalue weighted by Crippen LogP contribution is -2.24. The Labute approximate surface area is 125 Å². The molecule has 1 unspecified atom stereocenters. The van der Waals surface area contributed by atoms with Crippen molar-refractivity contribution in [2.45, 2.75) is 46.7 Å². The lowest BCUT2D eigenvalue weighted by Gasteiger charge is -2.17. The quantitative estimate of drug-likeness (QED) is 0.884. The predicted octanol–water partition coefficient (Wildman–Crippen LogP) is 3.66. The van der Waals surface area contributed by atoms with Crippen LogP contribution in [-0.2, 0) is 13.0 Å². The smallest absolute Gasteiger partial charge is 0.123 e. The first-order chi connectivity index (χ1) is 9.58. The third kappa shape index (κ3) is 2.91. The number of likely N-dealkylation sites (N-methyl/N-ethyl adjacent to an activating group) is 1. The maximum atomic E-state index is 6.40. The number of halogens is 1. The molecule has 0 amide bonds. The van der Waals surface area contributed by atoms with E-state index >= 15 is 0 Å². The molecule has 4 nitrogen and oxygen atoms in total. The average molecular weight is 296 g/mol. The summed E-state index contributed by atoms with van der Waals surface area (Å²) in [6.07, 6.45) is 2.51. The van der Waals surface area contributed by atoms with Gasteiger partial charge in [-0.1, -0.05) is 18.5 Å². The molecule has 2 aromatic rings. The van der Waals surface area contributed by atoms with Crippen LogP contribution in [0.25, 0.3) is 0 Å². The summed E-state index contributed by atoms with van der Waals surface area (Å²) in [5, 5.41) is 8.70. The number of aryl methyl sites for hydroxylation is 3. The molecular formula is C15H22ClN3O. The molecule has 0 aromatic carbocycles. The maximum absolute atomic E-state index is 6.40. The molecule has 0 saturated carbocycles. The number of hydrogen-bond acceptors (Lipinski definition) is 3. The summed E-state index contributed by atoms with van der Waals surface area (Å²) in [6, 6.07) is 2.11. The first kappa shape index (κ1) is 15.1. The zero-order valence-electron chi connectivity index (χ0n) is 12.5. The zero-order chi connectivity index (χ0) is 14.7. The minimum absolute atomic E-state index is 0.119. The minimum atomic E-state index is 0.119. The van der Waals surface area contributed by atoms with Crippen LogP contribution in [0.4, 0.5) is 0 Å². The van der Waals surface area contributed by atoms with Crippen LogP contribution in [0.15, 0.2) is 16.7 Å². The molecule has 0 aliphatic heterocycles. The van der Waals surface area contributed by atoms with Gasteiger partial charge in [0.1, 0.15) is 5.76 Å². The highest BCUT2D eigenvalue weighted by Gasteiger charge is 2.21. The van der Waals surface area contributed by atoms with Gasteiger partial charge in [0.15, 0.2) is 0 Å². The SMILES string of the molecule is CCNC(Cc1c(Cl)c(C)nn1CC)c1occc1C. The number of hydrogen-bond donors (Lipinski definition) is 1. The summed E-state index contributed by atoms with van der Waals surface area (Å²) in [4.78, 5) is 0. The molecule has 5 heteroatoms. The van der Waals surface area contributed by atoms with Crippen LogP contribution in [0.5, 0.6) is 0 Å². The van der Waals surface area contributed by atoms with E-state index in [4.69, 9.17) is 16.0 Å². The topological polar surface area (TPSA) is 43.0 Å². The fourth-order valence-electron chi connectivity index (χ4n) is 2.50. The van der Waals surface area contributed by atoms with Gasteiger partial charge in [-0.15, -0.1) is 0 Å². The first-order valence-electron chi connectivity index (χ1n) is 7.07. The van der Waals surface area contributed by atoms with E-state index in [2.05, 4.69) is 31.2 Å². The van der Waals surface area contributed by atoms with Crippen molar-refractivity contribution in [2.24, 2.45) is 0 Å². The summed E-state index contributed by atoms with van der Waals surface area (Å²) >= 11 is 6.40. The van der Waals surface area contributed by atoms with Crippen molar-refractivity contribution in [3.63, 3.8) is 0 Å². The van der Waals surface area contributed by atoms with Gasteiger partial charge < -0.3 is 9.73 Å². The molecule has 0 saturated heterocycles. The standard InChI is InChI=1S/C15H22ClN3O/c1-5-17-12(15-10(3)7-8-20-15)9-13-14(16)11(4)18-19(13)6-2/h7-8,12,17H,5-6,9H2,1-4H3. The lowest BCUT2D eigenvalue weighted by molar-refractivity contribution is 0.406. The maximum Gasteiger partial charge on any atom is 0.123 e. The summed E-state index contributed by atoms with van der Waals surface area (Å²) < 4.78 is 7.61. The van der Waals surface area contributed by atoms with Gasteiger partial charge >= 0.3 is 0 Å². The van der Waals surface area contributed by atoms with Gasteiger partial charge in [0.2, 0.25) is 0 Å². The van der Waals surface area contributed by atoms with Crippen LogP contribution >= 0.6 is 11.6 Å². The van der Waals surface area contributed by atoms with Gasteiger partial charge in [0, 0.05) is 13.0 Å². The second-order valence-electron chi connectivity index (χ2n) is 4.94. The van der Waals surface area contributed by atoms with Crippen LogP contribution < -0.4 is 5.32 Å². The molecular weight excluding hydrogens is 274 g/mol. The second-order valence-corrected chi connectivity index (χ2v) is 5.32. The number of furan rings is 1. The van der Waals surface area contributed by atoms with Crippen molar-refractivity contribution in [3.05, 3.63) is 40.1 Å². The molecule has 20 heavy (non-hydrogen) atoms. The first-order valence-corrected chi connectivity index (χ1v) is 7.45. The molecule has 0 aliphatic rings. The third-order valence-electron chi connectivity index (χ3n) is 3.52. The molecule has 1 atom stereocenters. The van der Waals surface area contributed by atoms with Crippen LogP contribution in [-0.4, -0.2) is 16.3 Å². The summed E-state index contributed by atoms with van der Waals surface area (Å²) in [6.45, 7) is 9.87. The van der Waals surface area contributed by atoms with Crippen molar-refractivity contribution < 1.29 is 4.42 Å². The normalized spacial score (nSPS) is 12.8. The Bertz CT molecular complexity index is 574. The highest BCUT2D eigenvalue weighted by atomic mass is 35.5. The molecule has 1 N–H and O–H groups in total. The van der Waals surface area contributed by atoms with E-state index in [1.807, 2.05) is 17.7 Å². The molecule has 0 radical (unpaired) electrons. The van der Waals surface area contributed by atoms with E-state index in [1.54, 1.807) is 6.26 Å². The molecule has 0 spiro atoms. The lowest BCUT2D eigenvalue weighted by atomic mass is 10.1. The van der Waals surface area contributed by atoms with Crippen molar-refractivity contribution in [3.8, 4) is 0 Å². The van der Waals surface area contributed by atoms with E-state index < -0.39 is 0 Å². The van der Waals surface area contributed by atoms with Gasteiger partial charge in [-0.05, 0) is 38.9 Å². The van der Waals surface area contributed by atoms with Crippen LogP contribution in [0.3, 0.4) is 0 Å². The molecule has 0 bridgehead atoms. The third-order valence-corrected chi connectivity index (χ3v) is 4.01. The Balaban J connectivity index is 2.31. The van der Waals surface area contributed by atoms with Crippen LogP contribution in [0.1, 0.15) is 42.6 Å². The van der Waals surface area contributed by atoms with Crippen LogP contribution in [0, 0.1) is 13.8 Å². The minimum Gasteiger partial charge on any atom is -0.467 e. The molecule has 0 aliphatic carbocycles. The van der Waals surface area contributed by atoms with Crippen molar-refractivity contribution in [1.82, 2.24) is 15.1 Å².